The zero-order valence-corrected chi connectivity index (χ0v) is 11.7. The molecule has 0 atom stereocenters. The number of nitrogens with zero attached hydrogens (tertiary/aromatic N) is 2. The lowest BCUT2D eigenvalue weighted by molar-refractivity contribution is 0.0684. The first-order valence-corrected chi connectivity index (χ1v) is 6.70. The van der Waals surface area contributed by atoms with E-state index in [1.165, 1.54) is 0 Å². The Morgan fingerprint density at radius 1 is 1.33 bits per heavy atom. The number of hydrogen-bond donors (Lipinski definition) is 1. The Balaban J connectivity index is 2.10. The smallest absolute Gasteiger partial charge is 0.341 e. The Morgan fingerprint density at radius 3 is 2.52 bits per heavy atom. The molecule has 1 N–H and O–H groups in total. The van der Waals surface area contributed by atoms with Gasteiger partial charge in [-0.15, -0.1) is 0 Å². The van der Waals surface area contributed by atoms with Gasteiger partial charge in [0.1, 0.15) is 16.4 Å². The first kappa shape index (κ1) is 15.4. The molecular formula is C14H13ClF2N2O2. The number of carbonyl (C=O) groups is 1. The van der Waals surface area contributed by atoms with Crippen molar-refractivity contribution >= 4 is 17.6 Å². The molecule has 2 aromatic rings. The van der Waals surface area contributed by atoms with Crippen molar-refractivity contribution in [2.75, 3.05) is 0 Å². The van der Waals surface area contributed by atoms with Gasteiger partial charge in [-0.1, -0.05) is 41.9 Å². The van der Waals surface area contributed by atoms with Crippen LogP contribution < -0.4 is 0 Å². The summed E-state index contributed by atoms with van der Waals surface area (Å²) in [5, 5.41) is 12.3. The van der Waals surface area contributed by atoms with Crippen LogP contribution in [0.1, 0.15) is 34.5 Å². The zero-order chi connectivity index (χ0) is 15.4. The van der Waals surface area contributed by atoms with Gasteiger partial charge in [-0.3, -0.25) is 4.68 Å². The molecule has 0 bridgehead atoms. The minimum absolute atomic E-state index is 0.258. The molecule has 1 heterocycles. The Hall–Kier alpha value is -1.95. The highest BCUT2D eigenvalue weighted by Gasteiger charge is 2.27. The number of carboxylic acids is 1. The second-order valence-corrected chi connectivity index (χ2v) is 4.83. The number of halogens is 3. The monoisotopic (exact) mass is 314 g/mol. The van der Waals surface area contributed by atoms with Gasteiger partial charge in [-0.2, -0.15) is 5.10 Å². The molecule has 0 amide bonds. The van der Waals surface area contributed by atoms with E-state index in [1.807, 2.05) is 30.3 Å². The third-order valence-electron chi connectivity index (χ3n) is 3.02. The molecular weight excluding hydrogens is 302 g/mol. The average molecular weight is 315 g/mol. The van der Waals surface area contributed by atoms with Crippen molar-refractivity contribution < 1.29 is 18.7 Å². The maximum Gasteiger partial charge on any atom is 0.341 e. The van der Waals surface area contributed by atoms with Crippen molar-refractivity contribution in [2.45, 2.75) is 25.8 Å². The van der Waals surface area contributed by atoms with Crippen LogP contribution in [0.15, 0.2) is 30.3 Å². The van der Waals surface area contributed by atoms with Gasteiger partial charge in [-0.05, 0) is 18.4 Å². The summed E-state index contributed by atoms with van der Waals surface area (Å²) in [5.41, 5.74) is -0.299. The van der Waals surface area contributed by atoms with E-state index in [1.54, 1.807) is 0 Å². The molecule has 21 heavy (non-hydrogen) atoms. The SMILES string of the molecule is O=C(O)c1c(C(F)F)nn(CCCc2ccccc2)c1Cl. The predicted molar refractivity (Wildman–Crippen MR) is 73.9 cm³/mol. The van der Waals surface area contributed by atoms with Crippen LogP contribution in [0.5, 0.6) is 0 Å². The molecule has 0 aliphatic carbocycles. The first-order chi connectivity index (χ1) is 10.0. The summed E-state index contributed by atoms with van der Waals surface area (Å²) in [6.45, 7) is 0.278. The Morgan fingerprint density at radius 2 is 2.00 bits per heavy atom. The highest BCUT2D eigenvalue weighted by atomic mass is 35.5. The highest BCUT2D eigenvalue weighted by Crippen LogP contribution is 2.28. The van der Waals surface area contributed by atoms with E-state index in [0.717, 1.165) is 16.7 Å². The van der Waals surface area contributed by atoms with Gasteiger partial charge in [0.15, 0.2) is 0 Å². The lowest BCUT2D eigenvalue weighted by Crippen LogP contribution is -2.03. The second kappa shape index (κ2) is 6.67. The molecule has 0 spiro atoms. The normalized spacial score (nSPS) is 11.0. The number of benzene rings is 1. The van der Waals surface area contributed by atoms with Crippen molar-refractivity contribution in [1.29, 1.82) is 0 Å². The zero-order valence-electron chi connectivity index (χ0n) is 11.0. The summed E-state index contributed by atoms with van der Waals surface area (Å²) in [6.07, 6.45) is -1.62. The van der Waals surface area contributed by atoms with Gasteiger partial charge < -0.3 is 5.11 Å². The average Bonchev–Trinajstić information content (AvgIpc) is 2.78. The van der Waals surface area contributed by atoms with Crippen LogP contribution in [0.2, 0.25) is 5.15 Å². The van der Waals surface area contributed by atoms with Crippen LogP contribution in [-0.2, 0) is 13.0 Å². The van der Waals surface area contributed by atoms with Crippen LogP contribution in [0, 0.1) is 0 Å². The van der Waals surface area contributed by atoms with E-state index in [-0.39, 0.29) is 11.7 Å². The molecule has 7 heteroatoms. The van der Waals surface area contributed by atoms with Crippen LogP contribution in [0.4, 0.5) is 8.78 Å². The topological polar surface area (TPSA) is 55.1 Å². The number of aromatic nitrogens is 2. The molecule has 0 aliphatic rings. The number of rotatable bonds is 6. The fourth-order valence-electron chi connectivity index (χ4n) is 2.04. The molecule has 2 rings (SSSR count). The summed E-state index contributed by atoms with van der Waals surface area (Å²) in [6, 6.07) is 9.64. The van der Waals surface area contributed by atoms with Gasteiger partial charge in [0.25, 0.3) is 6.43 Å². The lowest BCUT2D eigenvalue weighted by atomic mass is 10.1. The minimum Gasteiger partial charge on any atom is -0.478 e. The maximum absolute atomic E-state index is 12.8. The summed E-state index contributed by atoms with van der Waals surface area (Å²) in [5.74, 6) is -1.50. The summed E-state index contributed by atoms with van der Waals surface area (Å²) in [4.78, 5) is 11.0. The van der Waals surface area contributed by atoms with Crippen molar-refractivity contribution in [3.63, 3.8) is 0 Å². The summed E-state index contributed by atoms with van der Waals surface area (Å²) >= 11 is 5.84. The number of aromatic carboxylic acids is 1. The van der Waals surface area contributed by atoms with Crippen LogP contribution >= 0.6 is 11.6 Å². The van der Waals surface area contributed by atoms with Crippen LogP contribution in [0.25, 0.3) is 0 Å². The van der Waals surface area contributed by atoms with Crippen molar-refractivity contribution in [3.05, 3.63) is 52.3 Å². The molecule has 1 aromatic carbocycles. The molecule has 1 aromatic heterocycles. The van der Waals surface area contributed by atoms with E-state index < -0.39 is 23.7 Å². The quantitative estimate of drug-likeness (QED) is 0.882. The van der Waals surface area contributed by atoms with Crippen molar-refractivity contribution in [2.24, 2.45) is 0 Å². The Bertz CT molecular complexity index is 629. The first-order valence-electron chi connectivity index (χ1n) is 6.32. The molecule has 0 unspecified atom stereocenters. The van der Waals surface area contributed by atoms with Crippen molar-refractivity contribution in [1.82, 2.24) is 9.78 Å². The van der Waals surface area contributed by atoms with E-state index in [2.05, 4.69) is 5.10 Å². The fourth-order valence-corrected chi connectivity index (χ4v) is 2.33. The van der Waals surface area contributed by atoms with Gasteiger partial charge >= 0.3 is 5.97 Å². The van der Waals surface area contributed by atoms with E-state index in [9.17, 15) is 13.6 Å². The van der Waals surface area contributed by atoms with Crippen LogP contribution in [-0.4, -0.2) is 20.9 Å². The molecule has 0 aliphatic heterocycles. The number of alkyl halides is 2. The lowest BCUT2D eigenvalue weighted by Gasteiger charge is -2.03. The van der Waals surface area contributed by atoms with Gasteiger partial charge in [0.2, 0.25) is 0 Å². The molecule has 0 radical (unpaired) electrons. The largest absolute Gasteiger partial charge is 0.478 e. The summed E-state index contributed by atoms with van der Waals surface area (Å²) in [7, 11) is 0. The standard InChI is InChI=1S/C14H13ClF2N2O2/c15-12-10(14(20)21)11(13(16)17)18-19(12)8-4-7-9-5-2-1-3-6-9/h1-3,5-6,13H,4,7-8H2,(H,20,21). The molecule has 112 valence electrons. The number of hydrogen-bond acceptors (Lipinski definition) is 2. The van der Waals surface area contributed by atoms with Crippen LogP contribution in [0.3, 0.4) is 0 Å². The third-order valence-corrected chi connectivity index (χ3v) is 3.40. The van der Waals surface area contributed by atoms with Gasteiger partial charge in [0, 0.05) is 6.54 Å². The third kappa shape index (κ3) is 3.58. The number of aryl methyl sites for hydroxylation is 2. The Kier molecular flexibility index (Phi) is 4.90. The van der Waals surface area contributed by atoms with Crippen molar-refractivity contribution in [3.8, 4) is 0 Å². The van der Waals surface area contributed by atoms with Gasteiger partial charge in [0.05, 0.1) is 0 Å². The van der Waals surface area contributed by atoms with E-state index >= 15 is 0 Å². The van der Waals surface area contributed by atoms with E-state index in [0.29, 0.717) is 6.42 Å². The van der Waals surface area contributed by atoms with E-state index in [4.69, 9.17) is 16.7 Å². The fraction of sp³-hybridized carbons (Fsp3) is 0.286. The number of carboxylic acid groups (broad SMARTS) is 1. The predicted octanol–water partition coefficient (Wildman–Crippen LogP) is 3.81. The highest BCUT2D eigenvalue weighted by molar-refractivity contribution is 6.32. The molecule has 0 saturated heterocycles. The van der Waals surface area contributed by atoms with Gasteiger partial charge in [-0.25, -0.2) is 13.6 Å². The molecule has 0 fully saturated rings. The summed E-state index contributed by atoms with van der Waals surface area (Å²) < 4.78 is 26.7. The molecule has 0 saturated carbocycles. The minimum atomic E-state index is -2.97. The maximum atomic E-state index is 12.8. The Labute approximate surface area is 125 Å². The molecule has 4 nitrogen and oxygen atoms in total. The second-order valence-electron chi connectivity index (χ2n) is 4.47.